The normalized spacial score (nSPS) is 15.8. The topological polar surface area (TPSA) is 51.8 Å². The zero-order valence-corrected chi connectivity index (χ0v) is 12.4. The fraction of sp³-hybridized carbons (Fsp3) is 0.538. The van der Waals surface area contributed by atoms with Crippen LogP contribution in [0.4, 0.5) is 0 Å². The predicted molar refractivity (Wildman–Crippen MR) is 78.7 cm³/mol. The van der Waals surface area contributed by atoms with Gasteiger partial charge >= 0.3 is 0 Å². The molecule has 0 aromatic carbocycles. The summed E-state index contributed by atoms with van der Waals surface area (Å²) in [5.41, 5.74) is 0.764. The average molecular weight is 290 g/mol. The molecule has 6 nitrogen and oxygen atoms in total. The molecule has 3 rings (SSSR count). The molecule has 0 unspecified atom stereocenters. The molecule has 1 fully saturated rings. The van der Waals surface area contributed by atoms with E-state index >= 15 is 0 Å². The molecular weight excluding hydrogens is 272 g/mol. The maximum atomic E-state index is 5.45. The van der Waals surface area contributed by atoms with Crippen LogP contribution in [0.15, 0.2) is 18.6 Å². The van der Waals surface area contributed by atoms with Crippen molar-refractivity contribution in [2.24, 2.45) is 7.05 Å². The Hall–Kier alpha value is -1.60. The van der Waals surface area contributed by atoms with Crippen molar-refractivity contribution >= 4 is 12.2 Å². The Morgan fingerprint density at radius 3 is 2.70 bits per heavy atom. The van der Waals surface area contributed by atoms with Gasteiger partial charge in [0.05, 0.1) is 6.20 Å². The third kappa shape index (κ3) is 2.64. The van der Waals surface area contributed by atoms with Crippen LogP contribution in [-0.4, -0.2) is 48.8 Å². The summed E-state index contributed by atoms with van der Waals surface area (Å²) in [6.07, 6.45) is 7.67. The molecule has 2 aromatic rings. The van der Waals surface area contributed by atoms with E-state index in [9.17, 15) is 0 Å². The van der Waals surface area contributed by atoms with Gasteiger partial charge in [0.15, 0.2) is 10.6 Å². The molecule has 0 radical (unpaired) electrons. The molecular formula is C13H18N6S. The van der Waals surface area contributed by atoms with Crippen LogP contribution in [0.2, 0.25) is 0 Å². The van der Waals surface area contributed by atoms with Gasteiger partial charge in [0.25, 0.3) is 0 Å². The van der Waals surface area contributed by atoms with Gasteiger partial charge in [-0.1, -0.05) is 0 Å². The summed E-state index contributed by atoms with van der Waals surface area (Å²) < 4.78 is 4.51. The van der Waals surface area contributed by atoms with Crippen LogP contribution in [0.25, 0.3) is 11.5 Å². The number of aromatic nitrogens is 5. The lowest BCUT2D eigenvalue weighted by molar-refractivity contribution is 0.322. The van der Waals surface area contributed by atoms with E-state index in [1.165, 1.54) is 25.9 Å². The molecule has 0 saturated carbocycles. The van der Waals surface area contributed by atoms with Gasteiger partial charge in [-0.05, 0) is 38.1 Å². The molecule has 0 spiro atoms. The van der Waals surface area contributed by atoms with Crippen molar-refractivity contribution < 1.29 is 0 Å². The predicted octanol–water partition coefficient (Wildman–Crippen LogP) is 1.50. The fourth-order valence-corrected chi connectivity index (χ4v) is 2.78. The van der Waals surface area contributed by atoms with Crippen LogP contribution in [0.5, 0.6) is 0 Å². The SMILES string of the molecule is Cn1nc(-c2cnccn2)n(CCN2CCCC2)c1=S. The second-order valence-corrected chi connectivity index (χ2v) is 5.39. The highest BCUT2D eigenvalue weighted by molar-refractivity contribution is 7.71. The maximum Gasteiger partial charge on any atom is 0.197 e. The second-order valence-electron chi connectivity index (χ2n) is 5.02. The van der Waals surface area contributed by atoms with Crippen molar-refractivity contribution in [2.75, 3.05) is 19.6 Å². The number of likely N-dealkylation sites (tertiary alicyclic amines) is 1. The molecule has 20 heavy (non-hydrogen) atoms. The highest BCUT2D eigenvalue weighted by Crippen LogP contribution is 2.15. The van der Waals surface area contributed by atoms with Crippen LogP contribution in [-0.2, 0) is 13.6 Å². The van der Waals surface area contributed by atoms with Crippen molar-refractivity contribution in [2.45, 2.75) is 19.4 Å². The molecule has 2 aromatic heterocycles. The van der Waals surface area contributed by atoms with Crippen LogP contribution >= 0.6 is 12.2 Å². The first-order valence-corrected chi connectivity index (χ1v) is 7.29. The summed E-state index contributed by atoms with van der Waals surface area (Å²) in [5, 5.41) is 4.48. The molecule has 0 bridgehead atoms. The average Bonchev–Trinajstić information content (AvgIpc) is 3.08. The lowest BCUT2D eigenvalue weighted by atomic mass is 10.4. The molecule has 0 N–H and O–H groups in total. The highest BCUT2D eigenvalue weighted by atomic mass is 32.1. The van der Waals surface area contributed by atoms with E-state index in [0.717, 1.165) is 29.4 Å². The zero-order valence-electron chi connectivity index (χ0n) is 11.6. The van der Waals surface area contributed by atoms with Gasteiger partial charge in [0.2, 0.25) is 0 Å². The second kappa shape index (κ2) is 5.80. The van der Waals surface area contributed by atoms with E-state index in [4.69, 9.17) is 12.2 Å². The molecule has 1 aliphatic heterocycles. The van der Waals surface area contributed by atoms with Gasteiger partial charge in [-0.15, -0.1) is 0 Å². The van der Waals surface area contributed by atoms with Crippen molar-refractivity contribution in [3.63, 3.8) is 0 Å². The first kappa shape index (κ1) is 13.4. The molecule has 0 amide bonds. The van der Waals surface area contributed by atoms with Gasteiger partial charge in [0, 0.05) is 32.5 Å². The van der Waals surface area contributed by atoms with Gasteiger partial charge < -0.3 is 4.90 Å². The Bertz CT molecular complexity index is 626. The lowest BCUT2D eigenvalue weighted by Gasteiger charge is -2.15. The van der Waals surface area contributed by atoms with Crippen LogP contribution in [0.1, 0.15) is 12.8 Å². The smallest absolute Gasteiger partial charge is 0.197 e. The van der Waals surface area contributed by atoms with Crippen LogP contribution < -0.4 is 0 Å². The minimum absolute atomic E-state index is 0.727. The fourth-order valence-electron chi connectivity index (χ4n) is 2.56. The Kier molecular flexibility index (Phi) is 3.88. The zero-order chi connectivity index (χ0) is 13.9. The summed E-state index contributed by atoms with van der Waals surface area (Å²) in [7, 11) is 1.87. The molecule has 1 saturated heterocycles. The number of hydrogen-bond acceptors (Lipinski definition) is 5. The molecule has 0 aliphatic carbocycles. The number of rotatable bonds is 4. The van der Waals surface area contributed by atoms with E-state index < -0.39 is 0 Å². The molecule has 0 atom stereocenters. The van der Waals surface area contributed by atoms with Gasteiger partial charge in [0.1, 0.15) is 5.69 Å². The highest BCUT2D eigenvalue weighted by Gasteiger charge is 2.15. The van der Waals surface area contributed by atoms with E-state index in [-0.39, 0.29) is 0 Å². The van der Waals surface area contributed by atoms with Gasteiger partial charge in [-0.3, -0.25) is 9.55 Å². The van der Waals surface area contributed by atoms with Crippen LogP contribution in [0.3, 0.4) is 0 Å². The van der Waals surface area contributed by atoms with E-state index in [0.29, 0.717) is 0 Å². The Labute approximate surface area is 123 Å². The largest absolute Gasteiger partial charge is 0.302 e. The summed E-state index contributed by atoms with van der Waals surface area (Å²) in [4.78, 5) is 10.9. The summed E-state index contributed by atoms with van der Waals surface area (Å²) in [6.45, 7) is 4.23. The van der Waals surface area contributed by atoms with Crippen molar-refractivity contribution in [1.82, 2.24) is 29.2 Å². The number of nitrogens with zero attached hydrogens (tertiary/aromatic N) is 6. The Morgan fingerprint density at radius 2 is 2.00 bits per heavy atom. The lowest BCUT2D eigenvalue weighted by Crippen LogP contribution is -2.24. The first-order chi connectivity index (χ1) is 9.75. The number of hydrogen-bond donors (Lipinski definition) is 0. The number of aryl methyl sites for hydroxylation is 1. The van der Waals surface area contributed by atoms with E-state index in [2.05, 4.69) is 24.5 Å². The van der Waals surface area contributed by atoms with Crippen LogP contribution in [0, 0.1) is 4.77 Å². The third-order valence-corrected chi connectivity index (χ3v) is 4.12. The van der Waals surface area contributed by atoms with Crippen molar-refractivity contribution in [3.05, 3.63) is 23.4 Å². The maximum absolute atomic E-state index is 5.45. The minimum atomic E-state index is 0.727. The summed E-state index contributed by atoms with van der Waals surface area (Å²) >= 11 is 5.45. The molecule has 106 valence electrons. The van der Waals surface area contributed by atoms with E-state index in [1.807, 2.05) is 7.05 Å². The monoisotopic (exact) mass is 290 g/mol. The molecule has 3 heterocycles. The third-order valence-electron chi connectivity index (χ3n) is 3.64. The Balaban J connectivity index is 1.87. The van der Waals surface area contributed by atoms with Gasteiger partial charge in [-0.2, -0.15) is 5.10 Å². The molecule has 7 heteroatoms. The first-order valence-electron chi connectivity index (χ1n) is 6.88. The van der Waals surface area contributed by atoms with E-state index in [1.54, 1.807) is 23.3 Å². The van der Waals surface area contributed by atoms with Crippen molar-refractivity contribution in [3.8, 4) is 11.5 Å². The van der Waals surface area contributed by atoms with Crippen molar-refractivity contribution in [1.29, 1.82) is 0 Å². The summed E-state index contributed by atoms with van der Waals surface area (Å²) in [6, 6.07) is 0. The molecule has 1 aliphatic rings. The standard InChI is InChI=1S/C13H18N6S/c1-17-13(20)19(9-8-18-6-2-3-7-18)12(16-17)11-10-14-4-5-15-11/h4-5,10H,2-3,6-9H2,1H3. The summed E-state index contributed by atoms with van der Waals surface area (Å²) in [5.74, 6) is 0.796. The van der Waals surface area contributed by atoms with Gasteiger partial charge in [-0.25, -0.2) is 9.67 Å². The minimum Gasteiger partial charge on any atom is -0.302 e. The quantitative estimate of drug-likeness (QED) is 0.799. The Morgan fingerprint density at radius 1 is 1.20 bits per heavy atom.